The number of hydrogen-bond donors (Lipinski definition) is 0. The standard InChI is InChI=1S/C59H37N3/c1-2-15-41(16-3-1)59-60-52-21-12-24-55-58(52)62(59)54-23-11-10-22-53(54)61(55)47-32-29-40(30-33-47)44-31-34-50-51(37-44)57(46-28-26-39-14-5-7-18-43(39)36-46)49-20-9-8-19-48(49)56(50)45-27-25-38-13-4-6-17-42(38)35-45/h1-37H. The Morgan fingerprint density at radius 2 is 0.839 bits per heavy atom. The van der Waals surface area contributed by atoms with Crippen molar-refractivity contribution in [3.8, 4) is 50.5 Å². The van der Waals surface area contributed by atoms with Crippen LogP contribution < -0.4 is 4.90 Å². The molecule has 3 heteroatoms. The highest BCUT2D eigenvalue weighted by Crippen LogP contribution is 2.49. The van der Waals surface area contributed by atoms with Crippen LogP contribution in [0.4, 0.5) is 17.1 Å². The van der Waals surface area contributed by atoms with Crippen molar-refractivity contribution in [3.05, 3.63) is 224 Å². The van der Waals surface area contributed by atoms with Gasteiger partial charge in [0, 0.05) is 11.3 Å². The molecule has 0 saturated carbocycles. The van der Waals surface area contributed by atoms with E-state index in [1.54, 1.807) is 0 Å². The van der Waals surface area contributed by atoms with E-state index in [2.05, 4.69) is 234 Å². The van der Waals surface area contributed by atoms with Crippen molar-refractivity contribution in [2.45, 2.75) is 0 Å². The van der Waals surface area contributed by atoms with Gasteiger partial charge < -0.3 is 4.90 Å². The molecule has 0 amide bonds. The fourth-order valence-electron chi connectivity index (χ4n) is 10.0. The Labute approximate surface area is 359 Å². The first kappa shape index (κ1) is 34.6. The molecule has 0 unspecified atom stereocenters. The van der Waals surface area contributed by atoms with Crippen molar-refractivity contribution in [2.24, 2.45) is 0 Å². The predicted molar refractivity (Wildman–Crippen MR) is 261 cm³/mol. The van der Waals surface area contributed by atoms with Gasteiger partial charge in [0.05, 0.1) is 28.1 Å². The van der Waals surface area contributed by atoms with E-state index in [0.717, 1.165) is 45.2 Å². The number of hydrogen-bond acceptors (Lipinski definition) is 2. The van der Waals surface area contributed by atoms with Crippen molar-refractivity contribution >= 4 is 71.2 Å². The van der Waals surface area contributed by atoms with E-state index >= 15 is 0 Å². The zero-order valence-electron chi connectivity index (χ0n) is 33.7. The summed E-state index contributed by atoms with van der Waals surface area (Å²) in [6.45, 7) is 0. The number of fused-ring (bicyclic) bond motifs is 6. The predicted octanol–water partition coefficient (Wildman–Crippen LogP) is 16.1. The van der Waals surface area contributed by atoms with Gasteiger partial charge in [-0.05, 0) is 131 Å². The molecular formula is C59H37N3. The Bertz CT molecular complexity index is 3750. The largest absolute Gasteiger partial charge is 0.306 e. The average molecular weight is 788 g/mol. The van der Waals surface area contributed by atoms with E-state index in [9.17, 15) is 0 Å². The number of rotatable bonds is 5. The third-order valence-electron chi connectivity index (χ3n) is 12.9. The molecule has 0 aliphatic carbocycles. The van der Waals surface area contributed by atoms with Gasteiger partial charge in [-0.3, -0.25) is 4.57 Å². The first-order chi connectivity index (χ1) is 30.7. The van der Waals surface area contributed by atoms with Gasteiger partial charge in [-0.15, -0.1) is 0 Å². The zero-order valence-corrected chi connectivity index (χ0v) is 33.7. The van der Waals surface area contributed by atoms with Gasteiger partial charge in [0.2, 0.25) is 0 Å². The Kier molecular flexibility index (Phi) is 7.60. The molecule has 3 nitrogen and oxygen atoms in total. The molecule has 0 atom stereocenters. The maximum Gasteiger partial charge on any atom is 0.145 e. The summed E-state index contributed by atoms with van der Waals surface area (Å²) in [6, 6.07) is 81.9. The Hall–Kier alpha value is -8.27. The number of para-hydroxylation sites is 3. The summed E-state index contributed by atoms with van der Waals surface area (Å²) in [5.74, 6) is 0.950. The summed E-state index contributed by atoms with van der Waals surface area (Å²) in [7, 11) is 0. The summed E-state index contributed by atoms with van der Waals surface area (Å²) < 4.78 is 2.33. The lowest BCUT2D eigenvalue weighted by Gasteiger charge is -2.33. The van der Waals surface area contributed by atoms with Gasteiger partial charge in [0.25, 0.3) is 0 Å². The quantitative estimate of drug-likeness (QED) is 0.162. The van der Waals surface area contributed by atoms with Crippen LogP contribution in [0.3, 0.4) is 0 Å². The topological polar surface area (TPSA) is 21.1 Å². The highest BCUT2D eigenvalue weighted by atomic mass is 15.2. The summed E-state index contributed by atoms with van der Waals surface area (Å²) >= 11 is 0. The van der Waals surface area contributed by atoms with E-state index < -0.39 is 0 Å². The molecule has 2 heterocycles. The molecule has 0 radical (unpaired) electrons. The third-order valence-corrected chi connectivity index (χ3v) is 12.9. The lowest BCUT2D eigenvalue weighted by Crippen LogP contribution is -2.18. The average Bonchev–Trinajstić information content (AvgIpc) is 3.74. The molecule has 13 rings (SSSR count). The highest BCUT2D eigenvalue weighted by molar-refractivity contribution is 6.22. The highest BCUT2D eigenvalue weighted by Gasteiger charge is 2.29. The molecule has 12 aromatic rings. The van der Waals surface area contributed by atoms with Crippen molar-refractivity contribution in [1.82, 2.24) is 9.55 Å². The summed E-state index contributed by atoms with van der Waals surface area (Å²) in [5.41, 5.74) is 14.9. The minimum atomic E-state index is 0.950. The molecule has 11 aromatic carbocycles. The first-order valence-electron chi connectivity index (χ1n) is 21.3. The molecule has 0 spiro atoms. The second-order valence-corrected chi connectivity index (χ2v) is 16.3. The maximum atomic E-state index is 5.20. The molecule has 0 fully saturated rings. The van der Waals surface area contributed by atoms with Crippen molar-refractivity contribution in [3.63, 3.8) is 0 Å². The summed E-state index contributed by atoms with van der Waals surface area (Å²) in [5, 5.41) is 9.95. The van der Waals surface area contributed by atoms with Gasteiger partial charge in [0.15, 0.2) is 0 Å². The van der Waals surface area contributed by atoms with Gasteiger partial charge in [0.1, 0.15) is 5.82 Å². The van der Waals surface area contributed by atoms with Crippen LogP contribution >= 0.6 is 0 Å². The summed E-state index contributed by atoms with van der Waals surface area (Å²) in [4.78, 5) is 7.58. The minimum Gasteiger partial charge on any atom is -0.306 e. The van der Waals surface area contributed by atoms with E-state index in [1.807, 2.05) is 0 Å². The van der Waals surface area contributed by atoms with Gasteiger partial charge in [-0.2, -0.15) is 0 Å². The molecule has 1 aromatic heterocycles. The van der Waals surface area contributed by atoms with Crippen molar-refractivity contribution in [2.75, 3.05) is 4.90 Å². The van der Waals surface area contributed by atoms with Crippen LogP contribution in [0.2, 0.25) is 0 Å². The first-order valence-corrected chi connectivity index (χ1v) is 21.3. The lowest BCUT2D eigenvalue weighted by atomic mass is 9.84. The van der Waals surface area contributed by atoms with Crippen LogP contribution in [0.25, 0.3) is 105 Å². The van der Waals surface area contributed by atoms with Crippen LogP contribution in [0.15, 0.2) is 224 Å². The normalized spacial score (nSPS) is 12.2. The number of imidazole rings is 1. The second kappa shape index (κ2) is 13.6. The zero-order chi connectivity index (χ0) is 40.7. The minimum absolute atomic E-state index is 0.950. The van der Waals surface area contributed by atoms with Gasteiger partial charge >= 0.3 is 0 Å². The molecule has 0 bridgehead atoms. The van der Waals surface area contributed by atoms with Crippen molar-refractivity contribution < 1.29 is 0 Å². The Balaban J connectivity index is 0.994. The molecule has 1 aliphatic rings. The number of anilines is 3. The monoisotopic (exact) mass is 787 g/mol. The lowest BCUT2D eigenvalue weighted by molar-refractivity contribution is 1.06. The van der Waals surface area contributed by atoms with Crippen LogP contribution in [-0.2, 0) is 0 Å². The molecule has 0 saturated heterocycles. The van der Waals surface area contributed by atoms with E-state index in [4.69, 9.17) is 4.98 Å². The van der Waals surface area contributed by atoms with Gasteiger partial charge in [-0.1, -0.05) is 170 Å². The van der Waals surface area contributed by atoms with E-state index in [1.165, 1.54) is 76.5 Å². The van der Waals surface area contributed by atoms with Crippen LogP contribution in [0, 0.1) is 0 Å². The van der Waals surface area contributed by atoms with Crippen LogP contribution in [0.5, 0.6) is 0 Å². The fraction of sp³-hybridized carbons (Fsp3) is 0. The number of benzene rings is 11. The maximum absolute atomic E-state index is 5.20. The smallest absolute Gasteiger partial charge is 0.145 e. The van der Waals surface area contributed by atoms with E-state index in [0.29, 0.717) is 0 Å². The third kappa shape index (κ3) is 5.28. The molecule has 0 N–H and O–H groups in total. The molecular weight excluding hydrogens is 751 g/mol. The molecule has 1 aliphatic heterocycles. The fourth-order valence-corrected chi connectivity index (χ4v) is 10.0. The Morgan fingerprint density at radius 3 is 1.53 bits per heavy atom. The summed E-state index contributed by atoms with van der Waals surface area (Å²) in [6.07, 6.45) is 0. The number of nitrogens with zero attached hydrogens (tertiary/aromatic N) is 3. The van der Waals surface area contributed by atoms with E-state index in [-0.39, 0.29) is 0 Å². The van der Waals surface area contributed by atoms with Crippen molar-refractivity contribution in [1.29, 1.82) is 0 Å². The number of aromatic nitrogens is 2. The van der Waals surface area contributed by atoms with Crippen LogP contribution in [-0.4, -0.2) is 9.55 Å². The van der Waals surface area contributed by atoms with Gasteiger partial charge in [-0.25, -0.2) is 4.98 Å². The van der Waals surface area contributed by atoms with Crippen LogP contribution in [0.1, 0.15) is 0 Å². The molecule has 288 valence electrons. The molecule has 62 heavy (non-hydrogen) atoms. The SMILES string of the molecule is c1ccc(-c2nc3cccc4c3n2-c2ccccc2N4c2ccc(-c3ccc4c(-c5ccc6ccccc6c5)c5ccccc5c(-c5ccc6ccccc6c5)c4c3)cc2)cc1. The Morgan fingerprint density at radius 1 is 0.306 bits per heavy atom. The second-order valence-electron chi connectivity index (χ2n) is 16.3.